The highest BCUT2D eigenvalue weighted by Gasteiger charge is 2.09. The fraction of sp³-hybridized carbons (Fsp3) is 0.200. The number of fused-ring (bicyclic) bond motifs is 1. The number of hydrogen-bond donors (Lipinski definition) is 1. The topological polar surface area (TPSA) is 63.6 Å². The van der Waals surface area contributed by atoms with Crippen LogP contribution < -0.4 is 5.56 Å². The van der Waals surface area contributed by atoms with E-state index in [1.807, 2.05) is 0 Å². The molecule has 0 aromatic carbocycles. The van der Waals surface area contributed by atoms with Gasteiger partial charge >= 0.3 is 5.97 Å². The normalized spacial score (nSPS) is 10.5. The number of esters is 1. The van der Waals surface area contributed by atoms with Crippen molar-refractivity contribution in [3.8, 4) is 0 Å². The van der Waals surface area contributed by atoms with Gasteiger partial charge in [-0.15, -0.1) is 0 Å². The van der Waals surface area contributed by atoms with Crippen LogP contribution in [0.5, 0.6) is 0 Å². The molecule has 5 nitrogen and oxygen atoms in total. The van der Waals surface area contributed by atoms with Crippen LogP contribution in [0.1, 0.15) is 17.4 Å². The lowest BCUT2D eigenvalue weighted by Gasteiger charge is -2.02. The number of H-pyrrole nitrogens is 1. The maximum atomic E-state index is 11.5. The molecule has 15 heavy (non-hydrogen) atoms. The monoisotopic (exact) mass is 206 g/mol. The lowest BCUT2D eigenvalue weighted by Crippen LogP contribution is -2.17. The molecule has 2 aromatic rings. The minimum Gasteiger partial charge on any atom is -0.461 e. The molecule has 0 spiro atoms. The van der Waals surface area contributed by atoms with E-state index in [0.717, 1.165) is 0 Å². The smallest absolute Gasteiger partial charge is 0.356 e. The number of ether oxygens (including phenoxy) is 1. The third kappa shape index (κ3) is 1.63. The van der Waals surface area contributed by atoms with Crippen molar-refractivity contribution in [2.75, 3.05) is 6.61 Å². The first-order valence-electron chi connectivity index (χ1n) is 4.59. The zero-order valence-electron chi connectivity index (χ0n) is 8.19. The fourth-order valence-electron chi connectivity index (χ4n) is 1.37. The number of nitrogens with one attached hydrogen (secondary N) is 1. The van der Waals surface area contributed by atoms with E-state index in [4.69, 9.17) is 4.74 Å². The predicted molar refractivity (Wildman–Crippen MR) is 54.0 cm³/mol. The van der Waals surface area contributed by atoms with Crippen LogP contribution in [-0.2, 0) is 4.74 Å². The summed E-state index contributed by atoms with van der Waals surface area (Å²) in [6.07, 6.45) is 3.24. The Morgan fingerprint density at radius 1 is 1.60 bits per heavy atom. The van der Waals surface area contributed by atoms with Crippen molar-refractivity contribution < 1.29 is 9.53 Å². The van der Waals surface area contributed by atoms with E-state index in [9.17, 15) is 9.59 Å². The van der Waals surface area contributed by atoms with Gasteiger partial charge in [-0.1, -0.05) is 0 Å². The van der Waals surface area contributed by atoms with E-state index >= 15 is 0 Å². The molecule has 2 rings (SSSR count). The van der Waals surface area contributed by atoms with Crippen molar-refractivity contribution >= 4 is 11.5 Å². The number of aromatic amines is 1. The third-order valence-electron chi connectivity index (χ3n) is 2.02. The summed E-state index contributed by atoms with van der Waals surface area (Å²) in [4.78, 5) is 25.3. The maximum absolute atomic E-state index is 11.5. The molecule has 1 N–H and O–H groups in total. The summed E-state index contributed by atoms with van der Waals surface area (Å²) in [5.41, 5.74) is 0.360. The molecular weight excluding hydrogens is 196 g/mol. The Labute approximate surface area is 85.3 Å². The molecule has 0 aliphatic carbocycles. The van der Waals surface area contributed by atoms with Crippen LogP contribution >= 0.6 is 0 Å². The third-order valence-corrected chi connectivity index (χ3v) is 2.02. The van der Waals surface area contributed by atoms with Gasteiger partial charge in [-0.25, -0.2) is 4.79 Å². The fourth-order valence-corrected chi connectivity index (χ4v) is 1.37. The quantitative estimate of drug-likeness (QED) is 0.739. The summed E-state index contributed by atoms with van der Waals surface area (Å²) in [5, 5.41) is 0. The molecule has 0 saturated carbocycles. The Morgan fingerprint density at radius 3 is 3.13 bits per heavy atom. The van der Waals surface area contributed by atoms with Gasteiger partial charge < -0.3 is 14.1 Å². The van der Waals surface area contributed by atoms with Gasteiger partial charge in [0.15, 0.2) is 0 Å². The van der Waals surface area contributed by atoms with Crippen molar-refractivity contribution in [3.05, 3.63) is 40.6 Å². The summed E-state index contributed by atoms with van der Waals surface area (Å²) < 4.78 is 6.37. The number of carbonyl (C=O) groups excluding carboxylic acids is 1. The van der Waals surface area contributed by atoms with Gasteiger partial charge in [0.25, 0.3) is 5.56 Å². The molecule has 0 aliphatic rings. The number of hydrogen-bond acceptors (Lipinski definition) is 3. The molecular formula is C10H10N2O3. The molecule has 0 bridgehead atoms. The number of aromatic nitrogens is 2. The van der Waals surface area contributed by atoms with Gasteiger partial charge in [-0.2, -0.15) is 0 Å². The van der Waals surface area contributed by atoms with Gasteiger partial charge in [0.2, 0.25) is 0 Å². The molecule has 0 unspecified atom stereocenters. The highest BCUT2D eigenvalue weighted by Crippen LogP contribution is 2.01. The van der Waals surface area contributed by atoms with Crippen molar-refractivity contribution in [2.45, 2.75) is 6.92 Å². The maximum Gasteiger partial charge on any atom is 0.356 e. The molecule has 0 fully saturated rings. The van der Waals surface area contributed by atoms with E-state index < -0.39 is 5.97 Å². The van der Waals surface area contributed by atoms with Crippen molar-refractivity contribution in [3.63, 3.8) is 0 Å². The molecule has 2 heterocycles. The van der Waals surface area contributed by atoms with Crippen LogP contribution in [0.25, 0.3) is 5.52 Å². The van der Waals surface area contributed by atoms with Gasteiger partial charge in [-0.3, -0.25) is 4.79 Å². The zero-order valence-corrected chi connectivity index (χ0v) is 8.19. The van der Waals surface area contributed by atoms with Crippen molar-refractivity contribution in [1.29, 1.82) is 0 Å². The molecule has 0 radical (unpaired) electrons. The van der Waals surface area contributed by atoms with Crippen LogP contribution in [0.15, 0.2) is 29.3 Å². The van der Waals surface area contributed by atoms with E-state index in [-0.39, 0.29) is 17.9 Å². The highest BCUT2D eigenvalue weighted by atomic mass is 16.5. The molecule has 2 aromatic heterocycles. The summed E-state index contributed by atoms with van der Waals surface area (Å²) in [5.74, 6) is -0.523. The van der Waals surface area contributed by atoms with Crippen LogP contribution in [0.2, 0.25) is 0 Å². The largest absolute Gasteiger partial charge is 0.461 e. The van der Waals surface area contributed by atoms with Crippen LogP contribution in [-0.4, -0.2) is 22.0 Å². The lowest BCUT2D eigenvalue weighted by molar-refractivity contribution is 0.0518. The summed E-state index contributed by atoms with van der Waals surface area (Å²) in [6.45, 7) is 1.99. The first-order valence-corrected chi connectivity index (χ1v) is 4.59. The minimum atomic E-state index is -0.523. The Bertz CT molecular complexity index is 553. The second kappa shape index (κ2) is 3.61. The number of rotatable bonds is 2. The molecule has 0 saturated heterocycles. The molecule has 5 heteroatoms. The van der Waals surface area contributed by atoms with Gasteiger partial charge in [0, 0.05) is 12.4 Å². The van der Waals surface area contributed by atoms with Crippen molar-refractivity contribution in [2.24, 2.45) is 0 Å². The second-order valence-electron chi connectivity index (χ2n) is 3.02. The van der Waals surface area contributed by atoms with Crippen LogP contribution in [0, 0.1) is 0 Å². The highest BCUT2D eigenvalue weighted by molar-refractivity contribution is 5.87. The standard InChI is InChI=1S/C10H10N2O3/c1-2-15-10(14)7-6-12-5-3-4-8(12)9(13)11-7/h3-6H,2H2,1H3,(H,11,13). The van der Waals surface area contributed by atoms with E-state index in [2.05, 4.69) is 4.98 Å². The molecule has 0 atom stereocenters. The van der Waals surface area contributed by atoms with E-state index in [0.29, 0.717) is 5.52 Å². The summed E-state index contributed by atoms with van der Waals surface area (Å²) in [6, 6.07) is 3.41. The SMILES string of the molecule is CCOC(=O)c1cn2cccc2c(=O)[nH]1. The zero-order chi connectivity index (χ0) is 10.8. The molecule has 78 valence electrons. The van der Waals surface area contributed by atoms with Gasteiger partial charge in [-0.05, 0) is 19.1 Å². The average molecular weight is 206 g/mol. The van der Waals surface area contributed by atoms with Gasteiger partial charge in [0.1, 0.15) is 11.2 Å². The number of carbonyl (C=O) groups is 1. The predicted octanol–water partition coefficient (Wildman–Crippen LogP) is 0.804. The first-order chi connectivity index (χ1) is 7.22. The lowest BCUT2D eigenvalue weighted by atomic mass is 10.4. The number of nitrogens with zero attached hydrogens (tertiary/aromatic N) is 1. The Kier molecular flexibility index (Phi) is 2.29. The van der Waals surface area contributed by atoms with E-state index in [1.165, 1.54) is 6.20 Å². The van der Waals surface area contributed by atoms with Crippen LogP contribution in [0.4, 0.5) is 0 Å². The Morgan fingerprint density at radius 2 is 2.40 bits per heavy atom. The second-order valence-corrected chi connectivity index (χ2v) is 3.02. The average Bonchev–Trinajstić information content (AvgIpc) is 2.66. The van der Waals surface area contributed by atoms with Crippen LogP contribution in [0.3, 0.4) is 0 Å². The summed E-state index contributed by atoms with van der Waals surface area (Å²) in [7, 11) is 0. The van der Waals surface area contributed by atoms with Crippen molar-refractivity contribution in [1.82, 2.24) is 9.38 Å². The Balaban J connectivity index is 2.54. The molecule has 0 amide bonds. The first kappa shape index (κ1) is 9.51. The van der Waals surface area contributed by atoms with Gasteiger partial charge in [0.05, 0.1) is 6.61 Å². The summed E-state index contributed by atoms with van der Waals surface area (Å²) >= 11 is 0. The molecule has 0 aliphatic heterocycles. The van der Waals surface area contributed by atoms with E-state index in [1.54, 1.807) is 29.7 Å². The minimum absolute atomic E-state index is 0.158. The Hall–Kier alpha value is -2.04.